The molecule has 1 aromatic carbocycles. The van der Waals surface area contributed by atoms with E-state index in [-0.39, 0.29) is 17.2 Å². The number of carbonyl (C=O) groups is 1. The first-order valence-electron chi connectivity index (χ1n) is 8.71. The van der Waals surface area contributed by atoms with Crippen LogP contribution in [0.15, 0.2) is 50.1 Å². The fourth-order valence-electron chi connectivity index (χ4n) is 2.56. The molecule has 0 fully saturated rings. The van der Waals surface area contributed by atoms with Gasteiger partial charge < -0.3 is 5.32 Å². The van der Waals surface area contributed by atoms with E-state index < -0.39 is 0 Å². The van der Waals surface area contributed by atoms with E-state index in [2.05, 4.69) is 33.2 Å². The summed E-state index contributed by atoms with van der Waals surface area (Å²) in [5, 5.41) is 5.40. The van der Waals surface area contributed by atoms with Crippen LogP contribution in [-0.2, 0) is 17.9 Å². The van der Waals surface area contributed by atoms with Crippen molar-refractivity contribution in [3.63, 3.8) is 0 Å². The lowest BCUT2D eigenvalue weighted by molar-refractivity contribution is -0.118. The second-order valence-electron chi connectivity index (χ2n) is 6.00. The Hall–Kier alpha value is -1.64. The SMILES string of the molecule is CCCCn1c(SCC(=O)NCc2ccccc2Br)nc2ccsc2c1=O. The lowest BCUT2D eigenvalue weighted by Gasteiger charge is -2.12. The molecule has 0 saturated heterocycles. The van der Waals surface area contributed by atoms with Gasteiger partial charge in [0.05, 0.1) is 11.3 Å². The lowest BCUT2D eigenvalue weighted by atomic mass is 10.2. The van der Waals surface area contributed by atoms with Crippen LogP contribution in [0.1, 0.15) is 25.3 Å². The van der Waals surface area contributed by atoms with Crippen LogP contribution >= 0.6 is 39.0 Å². The molecular formula is C19H20BrN3O2S2. The summed E-state index contributed by atoms with van der Waals surface area (Å²) in [5.74, 6) is 0.135. The van der Waals surface area contributed by atoms with Crippen LogP contribution in [0.2, 0.25) is 0 Å². The Morgan fingerprint density at radius 1 is 1.33 bits per heavy atom. The maximum Gasteiger partial charge on any atom is 0.272 e. The van der Waals surface area contributed by atoms with Gasteiger partial charge in [0.1, 0.15) is 4.70 Å². The van der Waals surface area contributed by atoms with Gasteiger partial charge in [-0.15, -0.1) is 11.3 Å². The summed E-state index contributed by atoms with van der Waals surface area (Å²) in [7, 11) is 0. The number of unbranched alkanes of at least 4 members (excludes halogenated alkanes) is 1. The number of thiophene rings is 1. The Balaban J connectivity index is 1.69. The molecule has 3 aromatic rings. The van der Waals surface area contributed by atoms with E-state index in [1.807, 2.05) is 35.7 Å². The number of nitrogens with zero attached hydrogens (tertiary/aromatic N) is 2. The Labute approximate surface area is 174 Å². The van der Waals surface area contributed by atoms with Gasteiger partial charge in [-0.3, -0.25) is 14.2 Å². The van der Waals surface area contributed by atoms with Gasteiger partial charge in [0.25, 0.3) is 5.56 Å². The molecule has 0 radical (unpaired) electrons. The van der Waals surface area contributed by atoms with Crippen LogP contribution in [-0.4, -0.2) is 21.2 Å². The number of thioether (sulfide) groups is 1. The van der Waals surface area contributed by atoms with Crippen LogP contribution in [0.4, 0.5) is 0 Å². The fourth-order valence-corrected chi connectivity index (χ4v) is 4.62. The molecule has 8 heteroatoms. The number of aromatic nitrogens is 2. The van der Waals surface area contributed by atoms with Crippen LogP contribution in [0.25, 0.3) is 10.2 Å². The summed E-state index contributed by atoms with van der Waals surface area (Å²) in [6, 6.07) is 9.64. The van der Waals surface area contributed by atoms with E-state index >= 15 is 0 Å². The molecule has 142 valence electrons. The van der Waals surface area contributed by atoms with Crippen molar-refractivity contribution in [2.45, 2.75) is 38.0 Å². The quantitative estimate of drug-likeness (QED) is 0.394. The van der Waals surface area contributed by atoms with Crippen LogP contribution in [0.3, 0.4) is 0 Å². The highest BCUT2D eigenvalue weighted by molar-refractivity contribution is 9.10. The molecule has 1 N–H and O–H groups in total. The highest BCUT2D eigenvalue weighted by Gasteiger charge is 2.14. The standard InChI is InChI=1S/C19H20BrN3O2S2/c1-2-3-9-23-18(25)17-15(8-10-26-17)22-19(23)27-12-16(24)21-11-13-6-4-5-7-14(13)20/h4-8,10H,2-3,9,11-12H2,1H3,(H,21,24). The van der Waals surface area contributed by atoms with Crippen molar-refractivity contribution in [1.82, 2.24) is 14.9 Å². The molecule has 3 rings (SSSR count). The molecule has 0 aliphatic heterocycles. The molecule has 2 aromatic heterocycles. The van der Waals surface area contributed by atoms with E-state index in [4.69, 9.17) is 0 Å². The second-order valence-corrected chi connectivity index (χ2v) is 8.71. The fraction of sp³-hybridized carbons (Fsp3) is 0.316. The number of fused-ring (bicyclic) bond motifs is 1. The Morgan fingerprint density at radius 3 is 2.93 bits per heavy atom. The zero-order valence-corrected chi connectivity index (χ0v) is 18.1. The zero-order chi connectivity index (χ0) is 19.2. The number of nitrogens with one attached hydrogen (secondary N) is 1. The average molecular weight is 466 g/mol. The number of carbonyl (C=O) groups excluding carboxylic acids is 1. The predicted octanol–water partition coefficient (Wildman–Crippen LogP) is 4.43. The number of hydrogen-bond donors (Lipinski definition) is 1. The van der Waals surface area contributed by atoms with Crippen LogP contribution in [0.5, 0.6) is 0 Å². The van der Waals surface area contributed by atoms with Crippen molar-refractivity contribution in [2.75, 3.05) is 5.75 Å². The molecule has 0 aliphatic carbocycles. The van der Waals surface area contributed by atoms with Crippen LogP contribution in [0, 0.1) is 0 Å². The van der Waals surface area contributed by atoms with Crippen molar-refractivity contribution >= 4 is 55.2 Å². The minimum absolute atomic E-state index is 0.0143. The number of benzene rings is 1. The third kappa shape index (κ3) is 5.00. The van der Waals surface area contributed by atoms with Gasteiger partial charge in [0.15, 0.2) is 5.16 Å². The first kappa shape index (κ1) is 20.1. The van der Waals surface area contributed by atoms with Gasteiger partial charge in [-0.2, -0.15) is 0 Å². The predicted molar refractivity (Wildman–Crippen MR) is 116 cm³/mol. The largest absolute Gasteiger partial charge is 0.351 e. The van der Waals surface area contributed by atoms with E-state index in [9.17, 15) is 9.59 Å². The van der Waals surface area contributed by atoms with E-state index in [1.165, 1.54) is 23.1 Å². The van der Waals surface area contributed by atoms with Gasteiger partial charge in [0, 0.05) is 17.6 Å². The highest BCUT2D eigenvalue weighted by Crippen LogP contribution is 2.21. The maximum absolute atomic E-state index is 12.7. The van der Waals surface area contributed by atoms with Gasteiger partial charge >= 0.3 is 0 Å². The molecular weight excluding hydrogens is 446 g/mol. The molecule has 1 amide bonds. The Bertz CT molecular complexity index is 1000. The molecule has 0 aliphatic rings. The molecule has 0 atom stereocenters. The zero-order valence-electron chi connectivity index (χ0n) is 14.9. The van der Waals surface area contributed by atoms with Crippen molar-refractivity contribution in [3.8, 4) is 0 Å². The average Bonchev–Trinajstić information content (AvgIpc) is 3.14. The summed E-state index contributed by atoms with van der Waals surface area (Å²) >= 11 is 6.20. The first-order valence-corrected chi connectivity index (χ1v) is 11.4. The molecule has 0 unspecified atom stereocenters. The summed E-state index contributed by atoms with van der Waals surface area (Å²) in [6.45, 7) is 3.17. The number of rotatable bonds is 8. The molecule has 27 heavy (non-hydrogen) atoms. The summed E-state index contributed by atoms with van der Waals surface area (Å²) in [6.07, 6.45) is 1.89. The number of hydrogen-bond acceptors (Lipinski definition) is 5. The molecule has 5 nitrogen and oxygen atoms in total. The molecule has 0 spiro atoms. The van der Waals surface area contributed by atoms with Crippen molar-refractivity contribution in [2.24, 2.45) is 0 Å². The highest BCUT2D eigenvalue weighted by atomic mass is 79.9. The summed E-state index contributed by atoms with van der Waals surface area (Å²) in [5.41, 5.74) is 1.71. The van der Waals surface area contributed by atoms with Crippen molar-refractivity contribution < 1.29 is 4.79 Å². The van der Waals surface area contributed by atoms with Gasteiger partial charge in [-0.1, -0.05) is 59.2 Å². The summed E-state index contributed by atoms with van der Waals surface area (Å²) in [4.78, 5) is 29.6. The van der Waals surface area contributed by atoms with Gasteiger partial charge in [-0.25, -0.2) is 4.98 Å². The maximum atomic E-state index is 12.7. The first-order chi connectivity index (χ1) is 13.1. The van der Waals surface area contributed by atoms with E-state index in [0.717, 1.165) is 22.9 Å². The topological polar surface area (TPSA) is 64.0 Å². The number of halogens is 1. The third-order valence-corrected chi connectivity index (χ3v) is 6.67. The minimum atomic E-state index is -0.0857. The van der Waals surface area contributed by atoms with E-state index in [0.29, 0.717) is 28.5 Å². The van der Waals surface area contributed by atoms with Gasteiger partial charge in [0.2, 0.25) is 5.91 Å². The molecule has 0 bridgehead atoms. The number of amides is 1. The normalized spacial score (nSPS) is 11.0. The smallest absolute Gasteiger partial charge is 0.272 e. The van der Waals surface area contributed by atoms with Crippen LogP contribution < -0.4 is 10.9 Å². The third-order valence-electron chi connectivity index (χ3n) is 4.03. The molecule has 0 saturated carbocycles. The molecule has 2 heterocycles. The van der Waals surface area contributed by atoms with Crippen molar-refractivity contribution in [1.29, 1.82) is 0 Å². The summed E-state index contributed by atoms with van der Waals surface area (Å²) < 4.78 is 3.35. The lowest BCUT2D eigenvalue weighted by Crippen LogP contribution is -2.26. The Morgan fingerprint density at radius 2 is 2.15 bits per heavy atom. The van der Waals surface area contributed by atoms with E-state index in [1.54, 1.807) is 4.57 Å². The Kier molecular flexibility index (Phi) is 7.09. The monoisotopic (exact) mass is 465 g/mol. The van der Waals surface area contributed by atoms with Crippen molar-refractivity contribution in [3.05, 3.63) is 56.1 Å². The second kappa shape index (κ2) is 9.52. The minimum Gasteiger partial charge on any atom is -0.351 e. The van der Waals surface area contributed by atoms with Gasteiger partial charge in [-0.05, 0) is 29.5 Å².